The van der Waals surface area contributed by atoms with Crippen molar-refractivity contribution in [2.45, 2.75) is 72.4 Å². The predicted molar refractivity (Wildman–Crippen MR) is 118 cm³/mol. The van der Waals surface area contributed by atoms with Crippen LogP contribution in [0.3, 0.4) is 0 Å². The number of carbonyl (C=O) groups excluding carboxylic acids is 1. The zero-order valence-electron chi connectivity index (χ0n) is 18.2. The summed E-state index contributed by atoms with van der Waals surface area (Å²) in [7, 11) is 0. The molecule has 2 atom stereocenters. The van der Waals surface area contributed by atoms with Gasteiger partial charge in [0.05, 0.1) is 0 Å². The van der Waals surface area contributed by atoms with Gasteiger partial charge in [0.1, 0.15) is 5.60 Å². The van der Waals surface area contributed by atoms with E-state index in [1.807, 2.05) is 20.8 Å². The molecule has 1 unspecified atom stereocenters. The van der Waals surface area contributed by atoms with Gasteiger partial charge in [-0.05, 0) is 63.1 Å². The average molecular weight is 382 g/mol. The topological polar surface area (TPSA) is 38.3 Å². The maximum atomic E-state index is 12.3. The van der Waals surface area contributed by atoms with E-state index in [4.69, 9.17) is 4.74 Å². The highest BCUT2D eigenvalue weighted by Gasteiger charge is 2.23. The number of aryl methyl sites for hydroxylation is 1. The summed E-state index contributed by atoms with van der Waals surface area (Å²) >= 11 is 0. The van der Waals surface area contributed by atoms with Crippen molar-refractivity contribution in [3.63, 3.8) is 0 Å². The number of ether oxygens (including phenoxy) is 1. The third-order valence-electron chi connectivity index (χ3n) is 4.93. The monoisotopic (exact) mass is 381 g/mol. The number of benzene rings is 2. The minimum atomic E-state index is -0.488. The van der Waals surface area contributed by atoms with Gasteiger partial charge in [-0.15, -0.1) is 0 Å². The van der Waals surface area contributed by atoms with Crippen LogP contribution in [0.5, 0.6) is 0 Å². The van der Waals surface area contributed by atoms with Crippen molar-refractivity contribution < 1.29 is 9.53 Å². The van der Waals surface area contributed by atoms with Crippen molar-refractivity contribution in [1.29, 1.82) is 0 Å². The highest BCUT2D eigenvalue weighted by molar-refractivity contribution is 5.68. The lowest BCUT2D eigenvalue weighted by molar-refractivity contribution is 0.0486. The molecule has 0 bridgehead atoms. The summed E-state index contributed by atoms with van der Waals surface area (Å²) in [5, 5.41) is 3.10. The molecular formula is C25H35NO2. The van der Waals surface area contributed by atoms with Crippen LogP contribution >= 0.6 is 0 Å². The lowest BCUT2D eigenvalue weighted by Gasteiger charge is -2.27. The fraction of sp³-hybridized carbons (Fsp3) is 0.480. The Kier molecular flexibility index (Phi) is 7.68. The van der Waals surface area contributed by atoms with Crippen molar-refractivity contribution >= 4 is 6.09 Å². The number of rotatable bonds is 7. The Labute approximate surface area is 170 Å². The molecule has 28 heavy (non-hydrogen) atoms. The molecule has 0 aliphatic carbocycles. The Balaban J connectivity index is 2.09. The van der Waals surface area contributed by atoms with E-state index in [1.165, 1.54) is 22.3 Å². The molecular weight excluding hydrogens is 346 g/mol. The van der Waals surface area contributed by atoms with E-state index in [9.17, 15) is 4.79 Å². The van der Waals surface area contributed by atoms with Crippen LogP contribution in [0.15, 0.2) is 48.5 Å². The maximum absolute atomic E-state index is 12.3. The van der Waals surface area contributed by atoms with Crippen LogP contribution in [-0.2, 0) is 11.2 Å². The number of carbonyl (C=O) groups is 1. The summed E-state index contributed by atoms with van der Waals surface area (Å²) in [6.45, 7) is 12.1. The van der Waals surface area contributed by atoms with Gasteiger partial charge >= 0.3 is 6.09 Å². The SMILES string of the molecule is CCCC(C)[C@@H](Cc1ccc(-c2ccc(C)cc2)cc1)NC(=O)OC(C)(C)C. The summed E-state index contributed by atoms with van der Waals surface area (Å²) in [5.74, 6) is 0.384. The molecule has 1 N–H and O–H groups in total. The maximum Gasteiger partial charge on any atom is 0.407 e. The highest BCUT2D eigenvalue weighted by Crippen LogP contribution is 2.22. The first kappa shape index (κ1) is 22.0. The number of hydrogen-bond acceptors (Lipinski definition) is 2. The molecule has 0 saturated heterocycles. The zero-order valence-corrected chi connectivity index (χ0v) is 18.2. The summed E-state index contributed by atoms with van der Waals surface area (Å²) in [6.07, 6.45) is 2.63. The van der Waals surface area contributed by atoms with Crippen LogP contribution in [0.2, 0.25) is 0 Å². The Bertz CT molecular complexity index is 742. The van der Waals surface area contributed by atoms with E-state index in [0.717, 1.165) is 19.3 Å². The van der Waals surface area contributed by atoms with Gasteiger partial charge in [-0.25, -0.2) is 4.79 Å². The lowest BCUT2D eigenvalue weighted by atomic mass is 9.91. The van der Waals surface area contributed by atoms with E-state index in [2.05, 4.69) is 74.6 Å². The van der Waals surface area contributed by atoms with E-state index < -0.39 is 5.60 Å². The van der Waals surface area contributed by atoms with Gasteiger partial charge in [0.2, 0.25) is 0 Å². The number of amides is 1. The Morgan fingerprint density at radius 1 is 1.00 bits per heavy atom. The molecule has 0 fully saturated rings. The smallest absolute Gasteiger partial charge is 0.407 e. The van der Waals surface area contributed by atoms with Crippen molar-refractivity contribution in [2.75, 3.05) is 0 Å². The Hall–Kier alpha value is -2.29. The second-order valence-electron chi connectivity index (χ2n) is 8.79. The van der Waals surface area contributed by atoms with Gasteiger partial charge in [-0.2, -0.15) is 0 Å². The van der Waals surface area contributed by atoms with Crippen LogP contribution < -0.4 is 5.32 Å². The number of alkyl carbamates (subject to hydrolysis) is 1. The summed E-state index contributed by atoms with van der Waals surface area (Å²) in [4.78, 5) is 12.3. The highest BCUT2D eigenvalue weighted by atomic mass is 16.6. The first-order chi connectivity index (χ1) is 13.2. The minimum absolute atomic E-state index is 0.0556. The Morgan fingerprint density at radius 3 is 2.04 bits per heavy atom. The molecule has 1 amide bonds. The number of nitrogens with one attached hydrogen (secondary N) is 1. The molecule has 3 nitrogen and oxygen atoms in total. The molecule has 0 heterocycles. The van der Waals surface area contributed by atoms with Crippen molar-refractivity contribution in [2.24, 2.45) is 5.92 Å². The van der Waals surface area contributed by atoms with Crippen LogP contribution in [0.4, 0.5) is 4.79 Å². The molecule has 0 radical (unpaired) electrons. The van der Waals surface area contributed by atoms with Gasteiger partial charge in [0.25, 0.3) is 0 Å². The fourth-order valence-electron chi connectivity index (χ4n) is 3.34. The van der Waals surface area contributed by atoms with Gasteiger partial charge in [0, 0.05) is 6.04 Å². The third kappa shape index (κ3) is 7.03. The van der Waals surface area contributed by atoms with Crippen LogP contribution in [-0.4, -0.2) is 17.7 Å². The van der Waals surface area contributed by atoms with Crippen LogP contribution in [0.1, 0.15) is 58.6 Å². The summed E-state index contributed by atoms with van der Waals surface area (Å²) in [5.41, 5.74) is 4.43. The van der Waals surface area contributed by atoms with Gasteiger partial charge < -0.3 is 10.1 Å². The molecule has 0 aliphatic heterocycles. The standard InChI is InChI=1S/C25H35NO2/c1-7-8-19(3)23(26-24(27)28-25(4,5)6)17-20-11-15-22(16-12-20)21-13-9-18(2)10-14-21/h9-16,19,23H,7-8,17H2,1-6H3,(H,26,27)/t19?,23-/m1/s1. The fourth-order valence-corrected chi connectivity index (χ4v) is 3.34. The molecule has 2 rings (SSSR count). The molecule has 2 aromatic carbocycles. The lowest BCUT2D eigenvalue weighted by Crippen LogP contribution is -2.43. The quantitative estimate of drug-likeness (QED) is 0.592. The Morgan fingerprint density at radius 2 is 1.54 bits per heavy atom. The van der Waals surface area contributed by atoms with E-state index in [-0.39, 0.29) is 12.1 Å². The molecule has 152 valence electrons. The van der Waals surface area contributed by atoms with Crippen LogP contribution in [0.25, 0.3) is 11.1 Å². The molecule has 0 aliphatic rings. The second-order valence-corrected chi connectivity index (χ2v) is 8.79. The van der Waals surface area contributed by atoms with Gasteiger partial charge in [-0.3, -0.25) is 0 Å². The third-order valence-corrected chi connectivity index (χ3v) is 4.93. The largest absolute Gasteiger partial charge is 0.444 e. The van der Waals surface area contributed by atoms with Crippen molar-refractivity contribution in [1.82, 2.24) is 5.32 Å². The van der Waals surface area contributed by atoms with Crippen molar-refractivity contribution in [3.05, 3.63) is 59.7 Å². The summed E-state index contributed by atoms with van der Waals surface area (Å²) in [6, 6.07) is 17.3. The molecule has 0 aromatic heterocycles. The second kappa shape index (κ2) is 9.77. The van der Waals surface area contributed by atoms with Crippen LogP contribution in [0, 0.1) is 12.8 Å². The first-order valence-electron chi connectivity index (χ1n) is 10.3. The zero-order chi connectivity index (χ0) is 20.7. The predicted octanol–water partition coefficient (Wildman–Crippen LogP) is 6.53. The summed E-state index contributed by atoms with van der Waals surface area (Å²) < 4.78 is 5.47. The first-order valence-corrected chi connectivity index (χ1v) is 10.3. The number of hydrogen-bond donors (Lipinski definition) is 1. The molecule has 0 saturated carbocycles. The van der Waals surface area contributed by atoms with Gasteiger partial charge in [-0.1, -0.05) is 74.4 Å². The minimum Gasteiger partial charge on any atom is -0.444 e. The van der Waals surface area contributed by atoms with E-state index in [1.54, 1.807) is 0 Å². The molecule has 0 spiro atoms. The van der Waals surface area contributed by atoms with Gasteiger partial charge in [0.15, 0.2) is 0 Å². The molecule has 2 aromatic rings. The van der Waals surface area contributed by atoms with E-state index in [0.29, 0.717) is 5.92 Å². The van der Waals surface area contributed by atoms with E-state index >= 15 is 0 Å². The normalized spacial score (nSPS) is 13.6. The average Bonchev–Trinajstić information content (AvgIpc) is 2.61. The molecule has 3 heteroatoms. The van der Waals surface area contributed by atoms with Crippen molar-refractivity contribution in [3.8, 4) is 11.1 Å².